The Morgan fingerprint density at radius 2 is 1.96 bits per heavy atom. The number of hydrogen-bond donors (Lipinski definition) is 1. The van der Waals surface area contributed by atoms with Crippen LogP contribution in [0.25, 0.3) is 0 Å². The highest BCUT2D eigenvalue weighted by atomic mass is 16.5. The van der Waals surface area contributed by atoms with E-state index in [4.69, 9.17) is 4.74 Å². The van der Waals surface area contributed by atoms with Crippen LogP contribution in [0.3, 0.4) is 0 Å². The molecule has 1 saturated heterocycles. The molecule has 1 aliphatic rings. The van der Waals surface area contributed by atoms with Crippen molar-refractivity contribution in [1.82, 2.24) is 15.1 Å². The first-order valence-electron chi connectivity index (χ1n) is 9.00. The molecule has 0 spiro atoms. The van der Waals surface area contributed by atoms with Gasteiger partial charge < -0.3 is 10.1 Å². The minimum atomic E-state index is 0.141. The lowest BCUT2D eigenvalue weighted by molar-refractivity contribution is -0.121. The van der Waals surface area contributed by atoms with Gasteiger partial charge in [-0.3, -0.25) is 14.6 Å². The third-order valence-electron chi connectivity index (χ3n) is 4.44. The van der Waals surface area contributed by atoms with Crippen LogP contribution in [-0.2, 0) is 16.1 Å². The maximum absolute atomic E-state index is 12.1. The molecule has 1 amide bonds. The summed E-state index contributed by atoms with van der Waals surface area (Å²) in [6.07, 6.45) is 0.550. The third-order valence-corrected chi connectivity index (χ3v) is 4.44. The average Bonchev–Trinajstić information content (AvgIpc) is 2.60. The van der Waals surface area contributed by atoms with Gasteiger partial charge in [-0.2, -0.15) is 0 Å². The highest BCUT2D eigenvalue weighted by molar-refractivity contribution is 5.76. The molecular weight excluding hydrogens is 302 g/mol. The number of benzene rings is 1. The third kappa shape index (κ3) is 6.99. The lowest BCUT2D eigenvalue weighted by Gasteiger charge is -2.27. The van der Waals surface area contributed by atoms with E-state index in [1.165, 1.54) is 5.56 Å². The van der Waals surface area contributed by atoms with Crippen LogP contribution in [-0.4, -0.2) is 67.7 Å². The monoisotopic (exact) mass is 333 g/mol. The summed E-state index contributed by atoms with van der Waals surface area (Å²) in [6, 6.07) is 10.9. The topological polar surface area (TPSA) is 44.8 Å². The number of hydrogen-bond acceptors (Lipinski definition) is 4. The van der Waals surface area contributed by atoms with E-state index in [9.17, 15) is 4.79 Å². The summed E-state index contributed by atoms with van der Waals surface area (Å²) in [4.78, 5) is 16.8. The quantitative estimate of drug-likeness (QED) is 0.748. The Balaban J connectivity index is 1.66. The predicted molar refractivity (Wildman–Crippen MR) is 96.9 cm³/mol. The predicted octanol–water partition coefficient (Wildman–Crippen LogP) is 1.74. The van der Waals surface area contributed by atoms with Crippen LogP contribution in [0.5, 0.6) is 0 Å². The number of ether oxygens (including phenoxy) is 1. The molecule has 1 aromatic carbocycles. The van der Waals surface area contributed by atoms with Crippen LogP contribution >= 0.6 is 0 Å². The van der Waals surface area contributed by atoms with Crippen molar-refractivity contribution in [3.05, 3.63) is 35.9 Å². The second-order valence-corrected chi connectivity index (χ2v) is 6.60. The Hall–Kier alpha value is -1.43. The molecule has 0 unspecified atom stereocenters. The van der Waals surface area contributed by atoms with Crippen molar-refractivity contribution in [3.63, 3.8) is 0 Å². The van der Waals surface area contributed by atoms with Gasteiger partial charge in [-0.05, 0) is 19.4 Å². The molecule has 0 saturated carbocycles. The van der Waals surface area contributed by atoms with Crippen molar-refractivity contribution in [3.8, 4) is 0 Å². The van der Waals surface area contributed by atoms with E-state index in [2.05, 4.69) is 53.2 Å². The van der Waals surface area contributed by atoms with E-state index < -0.39 is 0 Å². The summed E-state index contributed by atoms with van der Waals surface area (Å²) in [5.41, 5.74) is 1.29. The number of amides is 1. The van der Waals surface area contributed by atoms with Gasteiger partial charge in [0.15, 0.2) is 0 Å². The van der Waals surface area contributed by atoms with Crippen molar-refractivity contribution in [2.24, 2.45) is 0 Å². The highest BCUT2D eigenvalue weighted by Gasteiger charge is 2.13. The lowest BCUT2D eigenvalue weighted by Crippen LogP contribution is -2.42. The zero-order chi connectivity index (χ0) is 17.2. The molecule has 0 atom stereocenters. The van der Waals surface area contributed by atoms with Crippen molar-refractivity contribution in [2.75, 3.05) is 45.9 Å². The van der Waals surface area contributed by atoms with Crippen LogP contribution in [0.15, 0.2) is 30.3 Å². The Morgan fingerprint density at radius 3 is 2.62 bits per heavy atom. The standard InChI is InChI=1S/C19H31N3O2/c1-17(2)22(16-18-6-4-3-5-7-18)10-8-19(23)20-9-11-21-12-14-24-15-13-21/h3-7,17H,8-16H2,1-2H3,(H,20,23). The molecule has 134 valence electrons. The van der Waals surface area contributed by atoms with E-state index >= 15 is 0 Å². The highest BCUT2D eigenvalue weighted by Crippen LogP contribution is 2.08. The van der Waals surface area contributed by atoms with Crippen LogP contribution in [0.1, 0.15) is 25.8 Å². The normalized spacial score (nSPS) is 15.8. The summed E-state index contributed by atoms with van der Waals surface area (Å²) in [6.45, 7) is 11.2. The number of rotatable bonds is 9. The van der Waals surface area contributed by atoms with Gasteiger partial charge in [0.2, 0.25) is 5.91 Å². The van der Waals surface area contributed by atoms with E-state index in [0.717, 1.165) is 52.5 Å². The molecule has 1 aromatic rings. The van der Waals surface area contributed by atoms with Crippen molar-refractivity contribution in [2.45, 2.75) is 32.9 Å². The second kappa shape index (κ2) is 10.4. The average molecular weight is 333 g/mol. The molecular formula is C19H31N3O2. The molecule has 0 radical (unpaired) electrons. The molecule has 1 fully saturated rings. The Labute approximate surface area is 146 Å². The Bertz CT molecular complexity index is 473. The lowest BCUT2D eigenvalue weighted by atomic mass is 10.2. The summed E-state index contributed by atoms with van der Waals surface area (Å²) < 4.78 is 5.33. The summed E-state index contributed by atoms with van der Waals surface area (Å²) in [5.74, 6) is 0.141. The number of morpholine rings is 1. The van der Waals surface area contributed by atoms with E-state index in [-0.39, 0.29) is 5.91 Å². The largest absolute Gasteiger partial charge is 0.379 e. The zero-order valence-electron chi connectivity index (χ0n) is 15.0. The second-order valence-electron chi connectivity index (χ2n) is 6.60. The van der Waals surface area contributed by atoms with Crippen LogP contribution in [0.2, 0.25) is 0 Å². The molecule has 1 aliphatic heterocycles. The smallest absolute Gasteiger partial charge is 0.221 e. The molecule has 1 N–H and O–H groups in total. The SMILES string of the molecule is CC(C)N(CCC(=O)NCCN1CCOCC1)Cc1ccccc1. The first-order valence-corrected chi connectivity index (χ1v) is 9.00. The summed E-state index contributed by atoms with van der Waals surface area (Å²) in [5, 5.41) is 3.04. The van der Waals surface area contributed by atoms with Crippen LogP contribution in [0, 0.1) is 0 Å². The fourth-order valence-electron chi connectivity index (χ4n) is 2.85. The van der Waals surface area contributed by atoms with Crippen LogP contribution in [0.4, 0.5) is 0 Å². The van der Waals surface area contributed by atoms with Gasteiger partial charge in [0, 0.05) is 51.7 Å². The molecule has 1 heterocycles. The first kappa shape index (κ1) is 18.9. The van der Waals surface area contributed by atoms with Gasteiger partial charge in [-0.25, -0.2) is 0 Å². The fourth-order valence-corrected chi connectivity index (χ4v) is 2.85. The van der Waals surface area contributed by atoms with Crippen molar-refractivity contribution in [1.29, 1.82) is 0 Å². The zero-order valence-corrected chi connectivity index (χ0v) is 15.0. The molecule has 5 heteroatoms. The van der Waals surface area contributed by atoms with Gasteiger partial charge in [0.05, 0.1) is 13.2 Å². The number of carbonyl (C=O) groups excluding carboxylic acids is 1. The molecule has 2 rings (SSSR count). The van der Waals surface area contributed by atoms with Gasteiger partial charge in [0.25, 0.3) is 0 Å². The van der Waals surface area contributed by atoms with Gasteiger partial charge in [-0.1, -0.05) is 30.3 Å². The number of nitrogens with zero attached hydrogens (tertiary/aromatic N) is 2. The number of carbonyl (C=O) groups is 1. The van der Waals surface area contributed by atoms with Crippen molar-refractivity contribution < 1.29 is 9.53 Å². The van der Waals surface area contributed by atoms with E-state index in [1.807, 2.05) is 6.07 Å². The van der Waals surface area contributed by atoms with Gasteiger partial charge in [0.1, 0.15) is 0 Å². The molecule has 5 nitrogen and oxygen atoms in total. The summed E-state index contributed by atoms with van der Waals surface area (Å²) in [7, 11) is 0. The maximum atomic E-state index is 12.1. The molecule has 0 aromatic heterocycles. The van der Waals surface area contributed by atoms with Gasteiger partial charge in [-0.15, -0.1) is 0 Å². The van der Waals surface area contributed by atoms with E-state index in [1.54, 1.807) is 0 Å². The van der Waals surface area contributed by atoms with Crippen LogP contribution < -0.4 is 5.32 Å². The maximum Gasteiger partial charge on any atom is 0.221 e. The first-order chi connectivity index (χ1) is 11.6. The minimum Gasteiger partial charge on any atom is -0.379 e. The Kier molecular flexibility index (Phi) is 8.22. The van der Waals surface area contributed by atoms with E-state index in [0.29, 0.717) is 12.5 Å². The molecule has 0 aliphatic carbocycles. The fraction of sp³-hybridized carbons (Fsp3) is 0.632. The molecule has 0 bridgehead atoms. The Morgan fingerprint density at radius 1 is 1.25 bits per heavy atom. The van der Waals surface area contributed by atoms with Crippen molar-refractivity contribution >= 4 is 5.91 Å². The van der Waals surface area contributed by atoms with Gasteiger partial charge >= 0.3 is 0 Å². The summed E-state index contributed by atoms with van der Waals surface area (Å²) >= 11 is 0. The minimum absolute atomic E-state index is 0.141. The number of nitrogens with one attached hydrogen (secondary N) is 1. The molecule has 24 heavy (non-hydrogen) atoms.